The molecule has 4 heteroatoms. The first-order valence-corrected chi connectivity index (χ1v) is 5.90. The third-order valence-corrected chi connectivity index (χ3v) is 2.52. The molecule has 1 heterocycles. The summed E-state index contributed by atoms with van der Waals surface area (Å²) in [7, 11) is 0. The minimum atomic E-state index is 0.0235. The van der Waals surface area contributed by atoms with Crippen molar-refractivity contribution in [2.75, 3.05) is 26.3 Å². The van der Waals surface area contributed by atoms with Gasteiger partial charge < -0.3 is 15.4 Å². The molecule has 0 saturated carbocycles. The van der Waals surface area contributed by atoms with E-state index >= 15 is 0 Å². The van der Waals surface area contributed by atoms with Gasteiger partial charge in [0, 0.05) is 12.6 Å². The maximum absolute atomic E-state index is 11.4. The molecular formula is C11H22N2O2. The molecule has 1 aliphatic heterocycles. The molecule has 1 fully saturated rings. The zero-order chi connectivity index (χ0) is 10.9. The van der Waals surface area contributed by atoms with Crippen molar-refractivity contribution in [3.63, 3.8) is 0 Å². The van der Waals surface area contributed by atoms with E-state index in [1.807, 2.05) is 6.92 Å². The van der Waals surface area contributed by atoms with Crippen LogP contribution in [-0.2, 0) is 9.53 Å². The van der Waals surface area contributed by atoms with Crippen LogP contribution in [0.4, 0.5) is 0 Å². The molecule has 0 bridgehead atoms. The van der Waals surface area contributed by atoms with Crippen molar-refractivity contribution in [1.29, 1.82) is 0 Å². The van der Waals surface area contributed by atoms with Crippen LogP contribution < -0.4 is 10.6 Å². The molecule has 1 atom stereocenters. The summed E-state index contributed by atoms with van der Waals surface area (Å²) in [4.78, 5) is 11.4. The topological polar surface area (TPSA) is 50.4 Å². The van der Waals surface area contributed by atoms with E-state index in [0.717, 1.165) is 38.8 Å². The zero-order valence-corrected chi connectivity index (χ0v) is 9.55. The summed E-state index contributed by atoms with van der Waals surface area (Å²) < 4.78 is 5.19. The van der Waals surface area contributed by atoms with Crippen molar-refractivity contribution >= 4 is 5.91 Å². The summed E-state index contributed by atoms with van der Waals surface area (Å²) in [6, 6.07) is 0.331. The monoisotopic (exact) mass is 214 g/mol. The Balaban J connectivity index is 2.12. The second-order valence-corrected chi connectivity index (χ2v) is 4.00. The molecule has 0 aromatic heterocycles. The van der Waals surface area contributed by atoms with Crippen molar-refractivity contribution in [1.82, 2.24) is 10.6 Å². The lowest BCUT2D eigenvalue weighted by Gasteiger charge is -2.15. The van der Waals surface area contributed by atoms with Gasteiger partial charge in [0.15, 0.2) is 0 Å². The Morgan fingerprint density at radius 2 is 2.33 bits per heavy atom. The quantitative estimate of drug-likeness (QED) is 0.661. The van der Waals surface area contributed by atoms with Crippen LogP contribution >= 0.6 is 0 Å². The number of hydrogen-bond donors (Lipinski definition) is 2. The Hall–Kier alpha value is -0.610. The van der Waals surface area contributed by atoms with Gasteiger partial charge in [-0.05, 0) is 38.8 Å². The molecule has 0 aliphatic carbocycles. The second-order valence-electron chi connectivity index (χ2n) is 4.00. The van der Waals surface area contributed by atoms with E-state index in [4.69, 9.17) is 4.74 Å². The lowest BCUT2D eigenvalue weighted by molar-refractivity contribution is -0.126. The number of ether oxygens (including phenoxy) is 1. The van der Waals surface area contributed by atoms with Crippen LogP contribution in [0, 0.1) is 0 Å². The third kappa shape index (κ3) is 5.74. The Morgan fingerprint density at radius 1 is 1.47 bits per heavy atom. The maximum Gasteiger partial charge on any atom is 0.246 e. The van der Waals surface area contributed by atoms with Crippen molar-refractivity contribution in [2.24, 2.45) is 0 Å². The highest BCUT2D eigenvalue weighted by Crippen LogP contribution is 2.04. The van der Waals surface area contributed by atoms with E-state index in [-0.39, 0.29) is 12.5 Å². The van der Waals surface area contributed by atoms with Gasteiger partial charge in [-0.1, -0.05) is 6.92 Å². The number of rotatable bonds is 5. The van der Waals surface area contributed by atoms with Crippen LogP contribution in [0.5, 0.6) is 0 Å². The predicted octanol–water partition coefficient (Wildman–Crippen LogP) is 0.671. The molecule has 1 amide bonds. The number of amides is 1. The van der Waals surface area contributed by atoms with Crippen molar-refractivity contribution < 1.29 is 9.53 Å². The number of carbonyl (C=O) groups excluding carboxylic acids is 1. The molecule has 88 valence electrons. The smallest absolute Gasteiger partial charge is 0.246 e. The van der Waals surface area contributed by atoms with Crippen molar-refractivity contribution in [3.05, 3.63) is 0 Å². The summed E-state index contributed by atoms with van der Waals surface area (Å²) in [6.07, 6.45) is 4.20. The number of hydrogen-bond acceptors (Lipinski definition) is 3. The van der Waals surface area contributed by atoms with E-state index in [1.54, 1.807) is 0 Å². The van der Waals surface area contributed by atoms with Gasteiger partial charge in [-0.2, -0.15) is 0 Å². The summed E-state index contributed by atoms with van der Waals surface area (Å²) in [5.41, 5.74) is 0. The van der Waals surface area contributed by atoms with E-state index in [9.17, 15) is 4.79 Å². The van der Waals surface area contributed by atoms with Crippen LogP contribution in [0.2, 0.25) is 0 Å². The predicted molar refractivity (Wildman–Crippen MR) is 59.8 cm³/mol. The number of nitrogens with one attached hydrogen (secondary N) is 2. The van der Waals surface area contributed by atoms with Gasteiger partial charge in [-0.15, -0.1) is 0 Å². The Kier molecular flexibility index (Phi) is 6.36. The van der Waals surface area contributed by atoms with Crippen LogP contribution in [0.25, 0.3) is 0 Å². The Bertz CT molecular complexity index is 177. The molecule has 0 radical (unpaired) electrons. The fourth-order valence-electron chi connectivity index (χ4n) is 1.74. The summed E-state index contributed by atoms with van der Waals surface area (Å²) >= 11 is 0. The van der Waals surface area contributed by atoms with Gasteiger partial charge in [0.05, 0.1) is 0 Å². The van der Waals surface area contributed by atoms with Gasteiger partial charge in [0.25, 0.3) is 0 Å². The standard InChI is InChI=1S/C11H22N2O2/c1-2-8-15-9-11(14)13-10-4-3-6-12-7-5-10/h10,12H,2-9H2,1H3,(H,13,14). The lowest BCUT2D eigenvalue weighted by atomic mass is 10.1. The molecule has 1 saturated heterocycles. The molecule has 1 rings (SSSR count). The molecule has 2 N–H and O–H groups in total. The highest BCUT2D eigenvalue weighted by molar-refractivity contribution is 5.77. The van der Waals surface area contributed by atoms with E-state index in [1.165, 1.54) is 0 Å². The molecule has 1 aliphatic rings. The highest BCUT2D eigenvalue weighted by Gasteiger charge is 2.13. The van der Waals surface area contributed by atoms with Gasteiger partial charge in [0.1, 0.15) is 6.61 Å². The minimum Gasteiger partial charge on any atom is -0.372 e. The summed E-state index contributed by atoms with van der Waals surface area (Å²) in [5, 5.41) is 6.33. The molecule has 0 spiro atoms. The molecule has 1 unspecified atom stereocenters. The van der Waals surface area contributed by atoms with Crippen LogP contribution in [0.15, 0.2) is 0 Å². The minimum absolute atomic E-state index is 0.0235. The average Bonchev–Trinajstić information content (AvgIpc) is 2.47. The van der Waals surface area contributed by atoms with Gasteiger partial charge >= 0.3 is 0 Å². The normalized spacial score (nSPS) is 22.1. The van der Waals surface area contributed by atoms with Crippen molar-refractivity contribution in [2.45, 2.75) is 38.6 Å². The molecule has 0 aromatic carbocycles. The average molecular weight is 214 g/mol. The van der Waals surface area contributed by atoms with E-state index < -0.39 is 0 Å². The SMILES string of the molecule is CCCOCC(=O)NC1CCCNCC1. The molecule has 0 aromatic rings. The fraction of sp³-hybridized carbons (Fsp3) is 0.909. The number of carbonyl (C=O) groups is 1. The maximum atomic E-state index is 11.4. The first kappa shape index (κ1) is 12.5. The third-order valence-electron chi connectivity index (χ3n) is 2.52. The first-order chi connectivity index (χ1) is 7.33. The molecular weight excluding hydrogens is 192 g/mol. The van der Waals surface area contributed by atoms with Crippen LogP contribution in [-0.4, -0.2) is 38.3 Å². The Morgan fingerprint density at radius 3 is 3.13 bits per heavy atom. The lowest BCUT2D eigenvalue weighted by Crippen LogP contribution is -2.37. The van der Waals surface area contributed by atoms with Gasteiger partial charge in [-0.3, -0.25) is 4.79 Å². The van der Waals surface area contributed by atoms with Gasteiger partial charge in [-0.25, -0.2) is 0 Å². The molecule has 15 heavy (non-hydrogen) atoms. The van der Waals surface area contributed by atoms with E-state index in [2.05, 4.69) is 10.6 Å². The molecule has 4 nitrogen and oxygen atoms in total. The van der Waals surface area contributed by atoms with Crippen LogP contribution in [0.3, 0.4) is 0 Å². The van der Waals surface area contributed by atoms with Gasteiger partial charge in [0.2, 0.25) is 5.91 Å². The van der Waals surface area contributed by atoms with Crippen molar-refractivity contribution in [3.8, 4) is 0 Å². The van der Waals surface area contributed by atoms with E-state index in [0.29, 0.717) is 12.6 Å². The Labute approximate surface area is 91.8 Å². The summed E-state index contributed by atoms with van der Waals surface area (Å²) in [5.74, 6) is 0.0235. The largest absolute Gasteiger partial charge is 0.372 e. The second kappa shape index (κ2) is 7.65. The fourth-order valence-corrected chi connectivity index (χ4v) is 1.74. The zero-order valence-electron chi connectivity index (χ0n) is 9.55. The first-order valence-electron chi connectivity index (χ1n) is 5.90. The summed E-state index contributed by atoms with van der Waals surface area (Å²) in [6.45, 7) is 4.98. The highest BCUT2D eigenvalue weighted by atomic mass is 16.5. The van der Waals surface area contributed by atoms with Crippen LogP contribution in [0.1, 0.15) is 32.6 Å².